The molecule has 0 fully saturated rings. The second-order valence-electron chi connectivity index (χ2n) is 6.36. The smallest absolute Gasteiger partial charge is 0.262 e. The Kier molecular flexibility index (Phi) is 5.66. The molecular formula is C21H25NO4. The molecule has 2 aromatic carbocycles. The molecule has 0 spiro atoms. The number of amides is 1. The van der Waals surface area contributed by atoms with E-state index in [2.05, 4.69) is 12.2 Å². The zero-order valence-electron chi connectivity index (χ0n) is 15.5. The summed E-state index contributed by atoms with van der Waals surface area (Å²) in [5.41, 5.74) is 2.94. The van der Waals surface area contributed by atoms with Crippen molar-refractivity contribution in [1.82, 2.24) is 0 Å². The Morgan fingerprint density at radius 2 is 1.96 bits per heavy atom. The van der Waals surface area contributed by atoms with E-state index in [0.717, 1.165) is 24.2 Å². The minimum absolute atomic E-state index is 0.0641. The lowest BCUT2D eigenvalue weighted by Crippen LogP contribution is -2.20. The minimum atomic E-state index is -0.239. The second-order valence-corrected chi connectivity index (χ2v) is 6.36. The van der Waals surface area contributed by atoms with Crippen molar-refractivity contribution in [1.29, 1.82) is 0 Å². The molecular weight excluding hydrogens is 330 g/mol. The largest absolute Gasteiger partial charge is 0.492 e. The maximum atomic E-state index is 12.3. The van der Waals surface area contributed by atoms with Gasteiger partial charge in [-0.15, -0.1) is 0 Å². The summed E-state index contributed by atoms with van der Waals surface area (Å²) in [5, 5.41) is 2.86. The van der Waals surface area contributed by atoms with E-state index in [1.165, 1.54) is 5.56 Å². The van der Waals surface area contributed by atoms with Gasteiger partial charge in [-0.05, 0) is 44.0 Å². The van der Waals surface area contributed by atoms with Crippen molar-refractivity contribution in [3.8, 4) is 17.2 Å². The molecule has 5 nitrogen and oxygen atoms in total. The number of carbonyl (C=O) groups is 1. The lowest BCUT2D eigenvalue weighted by molar-refractivity contribution is -0.118. The molecule has 1 unspecified atom stereocenters. The fourth-order valence-corrected chi connectivity index (χ4v) is 2.97. The molecule has 1 atom stereocenters. The van der Waals surface area contributed by atoms with Crippen LogP contribution in [0.4, 0.5) is 5.69 Å². The molecule has 0 bridgehead atoms. The van der Waals surface area contributed by atoms with Gasteiger partial charge in [0.15, 0.2) is 6.61 Å². The van der Waals surface area contributed by atoms with Crippen molar-refractivity contribution in [3.63, 3.8) is 0 Å². The van der Waals surface area contributed by atoms with Crippen molar-refractivity contribution in [2.45, 2.75) is 39.7 Å². The molecule has 1 aliphatic heterocycles. The van der Waals surface area contributed by atoms with Gasteiger partial charge in [0.05, 0.1) is 12.3 Å². The van der Waals surface area contributed by atoms with Crippen molar-refractivity contribution < 1.29 is 19.0 Å². The fraction of sp³-hybridized carbons (Fsp3) is 0.381. The van der Waals surface area contributed by atoms with E-state index in [0.29, 0.717) is 23.8 Å². The van der Waals surface area contributed by atoms with E-state index >= 15 is 0 Å². The van der Waals surface area contributed by atoms with Crippen molar-refractivity contribution in [2.24, 2.45) is 0 Å². The third kappa shape index (κ3) is 4.28. The van der Waals surface area contributed by atoms with Gasteiger partial charge >= 0.3 is 0 Å². The number of rotatable bonds is 7. The summed E-state index contributed by atoms with van der Waals surface area (Å²) < 4.78 is 17.0. The van der Waals surface area contributed by atoms with Crippen molar-refractivity contribution in [3.05, 3.63) is 47.5 Å². The second kappa shape index (κ2) is 8.13. The first-order chi connectivity index (χ1) is 12.6. The van der Waals surface area contributed by atoms with Gasteiger partial charge in [-0.3, -0.25) is 4.79 Å². The fourth-order valence-electron chi connectivity index (χ4n) is 2.97. The van der Waals surface area contributed by atoms with E-state index in [4.69, 9.17) is 14.2 Å². The van der Waals surface area contributed by atoms with E-state index in [-0.39, 0.29) is 18.6 Å². The maximum absolute atomic E-state index is 12.3. The Bertz CT molecular complexity index is 770. The number of hydrogen-bond acceptors (Lipinski definition) is 4. The van der Waals surface area contributed by atoms with Gasteiger partial charge in [-0.2, -0.15) is 0 Å². The SMILES string of the molecule is CCOc1cc2c(cc1NC(=O)COc1ccc(CC)cc1)OC(C)C2. The maximum Gasteiger partial charge on any atom is 0.262 e. The van der Waals surface area contributed by atoms with Gasteiger partial charge in [0.1, 0.15) is 23.4 Å². The number of aryl methyl sites for hydroxylation is 1. The lowest BCUT2D eigenvalue weighted by atomic mass is 10.1. The van der Waals surface area contributed by atoms with E-state index in [1.54, 1.807) is 0 Å². The van der Waals surface area contributed by atoms with Crippen LogP contribution in [-0.2, 0) is 17.6 Å². The van der Waals surface area contributed by atoms with E-state index in [9.17, 15) is 4.79 Å². The molecule has 5 heteroatoms. The van der Waals surface area contributed by atoms with Gasteiger partial charge in [-0.1, -0.05) is 19.1 Å². The van der Waals surface area contributed by atoms with Crippen LogP contribution in [-0.4, -0.2) is 25.2 Å². The van der Waals surface area contributed by atoms with Crippen LogP contribution in [0.15, 0.2) is 36.4 Å². The number of fused-ring (bicyclic) bond motifs is 1. The summed E-state index contributed by atoms with van der Waals surface area (Å²) in [6, 6.07) is 11.5. The highest BCUT2D eigenvalue weighted by Gasteiger charge is 2.22. The Hall–Kier alpha value is -2.69. The van der Waals surface area contributed by atoms with Crippen LogP contribution >= 0.6 is 0 Å². The van der Waals surface area contributed by atoms with Crippen LogP contribution < -0.4 is 19.5 Å². The predicted molar refractivity (Wildman–Crippen MR) is 101 cm³/mol. The number of ether oxygens (including phenoxy) is 3. The number of nitrogens with one attached hydrogen (secondary N) is 1. The molecule has 1 amide bonds. The standard InChI is InChI=1S/C21H25NO4/c1-4-15-6-8-17(9-7-15)25-13-21(23)22-18-12-19-16(10-14(3)26-19)11-20(18)24-5-2/h6-9,11-12,14H,4-5,10,13H2,1-3H3,(H,22,23). The first kappa shape index (κ1) is 18.1. The zero-order valence-corrected chi connectivity index (χ0v) is 15.5. The molecule has 26 heavy (non-hydrogen) atoms. The third-order valence-electron chi connectivity index (χ3n) is 4.27. The predicted octanol–water partition coefficient (Wildman–Crippen LogP) is 3.99. The molecule has 0 saturated heterocycles. The van der Waals surface area contributed by atoms with E-state index in [1.807, 2.05) is 50.2 Å². The normalized spacial score (nSPS) is 15.1. The van der Waals surface area contributed by atoms with Crippen LogP contribution in [0.1, 0.15) is 31.9 Å². The highest BCUT2D eigenvalue weighted by atomic mass is 16.5. The molecule has 1 heterocycles. The Labute approximate surface area is 154 Å². The van der Waals surface area contributed by atoms with Crippen molar-refractivity contribution >= 4 is 11.6 Å². The van der Waals surface area contributed by atoms with Gasteiger partial charge in [-0.25, -0.2) is 0 Å². The third-order valence-corrected chi connectivity index (χ3v) is 4.27. The number of hydrogen-bond donors (Lipinski definition) is 1. The minimum Gasteiger partial charge on any atom is -0.492 e. The number of carbonyl (C=O) groups excluding carboxylic acids is 1. The van der Waals surface area contributed by atoms with Crippen molar-refractivity contribution in [2.75, 3.05) is 18.5 Å². The van der Waals surface area contributed by atoms with Crippen LogP contribution in [0, 0.1) is 0 Å². The summed E-state index contributed by atoms with van der Waals surface area (Å²) in [6.07, 6.45) is 1.96. The van der Waals surface area contributed by atoms with Gasteiger partial charge in [0, 0.05) is 18.1 Å². The average molecular weight is 355 g/mol. The summed E-state index contributed by atoms with van der Waals surface area (Å²) >= 11 is 0. The molecule has 138 valence electrons. The Morgan fingerprint density at radius 3 is 2.65 bits per heavy atom. The summed E-state index contributed by atoms with van der Waals surface area (Å²) in [4.78, 5) is 12.3. The number of benzene rings is 2. The van der Waals surface area contributed by atoms with Crippen LogP contribution in [0.25, 0.3) is 0 Å². The Balaban J connectivity index is 1.65. The monoisotopic (exact) mass is 355 g/mol. The number of anilines is 1. The van der Waals surface area contributed by atoms with Gasteiger partial charge in [0.25, 0.3) is 5.91 Å². The molecule has 1 aliphatic rings. The van der Waals surface area contributed by atoms with Crippen LogP contribution in [0.2, 0.25) is 0 Å². The first-order valence-electron chi connectivity index (χ1n) is 9.07. The summed E-state index contributed by atoms with van der Waals surface area (Å²) in [5.74, 6) is 1.89. The summed E-state index contributed by atoms with van der Waals surface area (Å²) in [7, 11) is 0. The van der Waals surface area contributed by atoms with Gasteiger partial charge < -0.3 is 19.5 Å². The molecule has 3 rings (SSSR count). The molecule has 0 aliphatic carbocycles. The molecule has 1 N–H and O–H groups in total. The highest BCUT2D eigenvalue weighted by molar-refractivity contribution is 5.93. The van der Waals surface area contributed by atoms with Crippen LogP contribution in [0.5, 0.6) is 17.2 Å². The highest BCUT2D eigenvalue weighted by Crippen LogP contribution is 2.38. The molecule has 0 saturated carbocycles. The average Bonchev–Trinajstić information content (AvgIpc) is 2.99. The van der Waals surface area contributed by atoms with Gasteiger partial charge in [0.2, 0.25) is 0 Å². The van der Waals surface area contributed by atoms with E-state index < -0.39 is 0 Å². The van der Waals surface area contributed by atoms with Crippen LogP contribution in [0.3, 0.4) is 0 Å². The molecule has 0 aromatic heterocycles. The summed E-state index contributed by atoms with van der Waals surface area (Å²) in [6.45, 7) is 6.50. The molecule has 0 radical (unpaired) electrons. The topological polar surface area (TPSA) is 56.8 Å². The quantitative estimate of drug-likeness (QED) is 0.816. The Morgan fingerprint density at radius 1 is 1.19 bits per heavy atom. The molecule has 2 aromatic rings. The lowest BCUT2D eigenvalue weighted by Gasteiger charge is -2.14. The zero-order chi connectivity index (χ0) is 18.5. The first-order valence-corrected chi connectivity index (χ1v) is 9.07.